The van der Waals surface area contributed by atoms with Crippen molar-refractivity contribution in [3.8, 4) is 5.75 Å². The maximum absolute atomic E-state index is 13.6. The Kier molecular flexibility index (Phi) is 7.13. The highest BCUT2D eigenvalue weighted by atomic mass is 79.9. The molecule has 154 valence electrons. The van der Waals surface area contributed by atoms with E-state index in [1.165, 1.54) is 12.1 Å². The molecule has 3 aromatic carbocycles. The van der Waals surface area contributed by atoms with Gasteiger partial charge in [-0.3, -0.25) is 4.79 Å². The number of hydrogen-bond acceptors (Lipinski definition) is 4. The first kappa shape index (κ1) is 21.4. The molecule has 1 amide bonds. The standard InChI is InChI=1S/C22H16BrF2NO4/c23-16-8-3-1-6-14(16)12-29-19-11-4-2-7-15(19)22(28)30-13-20(27)26-21-17(24)9-5-10-18(21)25/h1-11H,12-13H2,(H,26,27). The third-order valence-corrected chi connectivity index (χ3v) is 4.78. The van der Waals surface area contributed by atoms with Crippen LogP contribution < -0.4 is 10.1 Å². The first-order valence-corrected chi connectivity index (χ1v) is 9.61. The number of para-hydroxylation sites is 2. The van der Waals surface area contributed by atoms with Crippen LogP contribution in [0.25, 0.3) is 0 Å². The van der Waals surface area contributed by atoms with E-state index >= 15 is 0 Å². The van der Waals surface area contributed by atoms with E-state index < -0.39 is 35.8 Å². The maximum Gasteiger partial charge on any atom is 0.342 e. The monoisotopic (exact) mass is 475 g/mol. The molecule has 5 nitrogen and oxygen atoms in total. The summed E-state index contributed by atoms with van der Waals surface area (Å²) in [6.07, 6.45) is 0. The Bertz CT molecular complexity index is 1050. The summed E-state index contributed by atoms with van der Waals surface area (Å²) >= 11 is 3.43. The minimum atomic E-state index is -0.930. The quantitative estimate of drug-likeness (QED) is 0.482. The summed E-state index contributed by atoms with van der Waals surface area (Å²) < 4.78 is 38.8. The summed E-state index contributed by atoms with van der Waals surface area (Å²) in [7, 11) is 0. The van der Waals surface area contributed by atoms with Crippen molar-refractivity contribution in [1.29, 1.82) is 0 Å². The number of nitrogens with one attached hydrogen (secondary N) is 1. The highest BCUT2D eigenvalue weighted by Crippen LogP contribution is 2.23. The van der Waals surface area contributed by atoms with Crippen LogP contribution in [0.4, 0.5) is 14.5 Å². The highest BCUT2D eigenvalue weighted by Gasteiger charge is 2.17. The lowest BCUT2D eigenvalue weighted by molar-refractivity contribution is -0.119. The van der Waals surface area contributed by atoms with Gasteiger partial charge in [-0.1, -0.05) is 52.3 Å². The van der Waals surface area contributed by atoms with Crippen molar-refractivity contribution in [2.24, 2.45) is 0 Å². The van der Waals surface area contributed by atoms with Gasteiger partial charge in [0, 0.05) is 10.0 Å². The number of hydrogen-bond donors (Lipinski definition) is 1. The van der Waals surface area contributed by atoms with Gasteiger partial charge in [0.25, 0.3) is 5.91 Å². The zero-order chi connectivity index (χ0) is 21.5. The van der Waals surface area contributed by atoms with Crippen LogP contribution in [0.3, 0.4) is 0 Å². The SMILES string of the molecule is O=C(COC(=O)c1ccccc1OCc1ccccc1Br)Nc1c(F)cccc1F. The summed E-state index contributed by atoms with van der Waals surface area (Å²) in [5, 5.41) is 2.05. The van der Waals surface area contributed by atoms with Crippen LogP contribution in [0, 0.1) is 11.6 Å². The predicted molar refractivity (Wildman–Crippen MR) is 110 cm³/mol. The zero-order valence-electron chi connectivity index (χ0n) is 15.5. The van der Waals surface area contributed by atoms with Gasteiger partial charge >= 0.3 is 5.97 Å². The Balaban J connectivity index is 1.62. The largest absolute Gasteiger partial charge is 0.488 e. The number of benzene rings is 3. The fraction of sp³-hybridized carbons (Fsp3) is 0.0909. The average molecular weight is 476 g/mol. The number of carbonyl (C=O) groups excluding carboxylic acids is 2. The summed E-state index contributed by atoms with van der Waals surface area (Å²) in [6.45, 7) is -0.510. The van der Waals surface area contributed by atoms with Gasteiger partial charge in [-0.05, 0) is 30.3 Å². The van der Waals surface area contributed by atoms with Crippen molar-refractivity contribution in [2.75, 3.05) is 11.9 Å². The molecule has 0 aliphatic heterocycles. The molecule has 0 aromatic heterocycles. The van der Waals surface area contributed by atoms with Crippen LogP contribution in [0.2, 0.25) is 0 Å². The van der Waals surface area contributed by atoms with Crippen molar-refractivity contribution in [3.63, 3.8) is 0 Å². The minimum Gasteiger partial charge on any atom is -0.488 e. The Labute approximate surface area is 179 Å². The fourth-order valence-electron chi connectivity index (χ4n) is 2.53. The van der Waals surface area contributed by atoms with Crippen molar-refractivity contribution >= 4 is 33.5 Å². The molecule has 0 fully saturated rings. The molecule has 3 aromatic rings. The van der Waals surface area contributed by atoms with Crippen molar-refractivity contribution < 1.29 is 27.8 Å². The van der Waals surface area contributed by atoms with Crippen LogP contribution in [-0.2, 0) is 16.1 Å². The smallest absolute Gasteiger partial charge is 0.342 e. The molecule has 8 heteroatoms. The van der Waals surface area contributed by atoms with Crippen molar-refractivity contribution in [1.82, 2.24) is 0 Å². The lowest BCUT2D eigenvalue weighted by Gasteiger charge is -2.12. The number of rotatable bonds is 7. The van der Waals surface area contributed by atoms with Gasteiger partial charge in [-0.2, -0.15) is 0 Å². The van der Waals surface area contributed by atoms with Crippen LogP contribution in [0.15, 0.2) is 71.2 Å². The maximum atomic E-state index is 13.6. The Morgan fingerprint density at radius 1 is 0.900 bits per heavy atom. The lowest BCUT2D eigenvalue weighted by atomic mass is 10.2. The predicted octanol–water partition coefficient (Wildman–Crippen LogP) is 5.10. The molecule has 0 unspecified atom stereocenters. The molecule has 0 saturated carbocycles. The third-order valence-electron chi connectivity index (χ3n) is 4.01. The molecule has 0 saturated heterocycles. The van der Waals surface area contributed by atoms with Crippen molar-refractivity contribution in [2.45, 2.75) is 6.61 Å². The minimum absolute atomic E-state index is 0.120. The van der Waals surface area contributed by atoms with E-state index in [2.05, 4.69) is 21.2 Å². The van der Waals surface area contributed by atoms with Crippen LogP contribution in [0.5, 0.6) is 5.75 Å². The van der Waals surface area contributed by atoms with E-state index in [0.717, 1.165) is 22.2 Å². The van der Waals surface area contributed by atoms with E-state index in [0.29, 0.717) is 0 Å². The number of ether oxygens (including phenoxy) is 2. The average Bonchev–Trinajstić information content (AvgIpc) is 2.74. The van der Waals surface area contributed by atoms with Gasteiger partial charge in [0.2, 0.25) is 0 Å². The number of halogens is 3. The Morgan fingerprint density at radius 2 is 1.57 bits per heavy atom. The van der Waals surface area contributed by atoms with E-state index in [1.54, 1.807) is 18.2 Å². The van der Waals surface area contributed by atoms with Gasteiger partial charge in [0.05, 0.1) is 0 Å². The first-order chi connectivity index (χ1) is 14.5. The second-order valence-electron chi connectivity index (χ2n) is 6.10. The van der Waals surface area contributed by atoms with Gasteiger partial charge in [-0.25, -0.2) is 13.6 Å². The molecule has 0 radical (unpaired) electrons. The summed E-state index contributed by atoms with van der Waals surface area (Å²) in [5.41, 5.74) is 0.400. The topological polar surface area (TPSA) is 64.6 Å². The van der Waals surface area contributed by atoms with Crippen LogP contribution >= 0.6 is 15.9 Å². The van der Waals surface area contributed by atoms with Crippen LogP contribution in [-0.4, -0.2) is 18.5 Å². The lowest BCUT2D eigenvalue weighted by Crippen LogP contribution is -2.22. The van der Waals surface area contributed by atoms with Crippen LogP contribution in [0.1, 0.15) is 15.9 Å². The highest BCUT2D eigenvalue weighted by molar-refractivity contribution is 9.10. The summed E-state index contributed by atoms with van der Waals surface area (Å²) in [4.78, 5) is 24.3. The third kappa shape index (κ3) is 5.42. The molecular weight excluding hydrogens is 460 g/mol. The molecule has 1 N–H and O–H groups in total. The number of anilines is 1. The molecule has 0 heterocycles. The Hall–Kier alpha value is -3.26. The second kappa shape index (κ2) is 9.98. The number of amides is 1. The van der Waals surface area contributed by atoms with Gasteiger partial charge in [0.15, 0.2) is 6.61 Å². The molecule has 0 bridgehead atoms. The summed E-state index contributed by atoms with van der Waals surface area (Å²) in [6, 6.07) is 17.1. The van der Waals surface area contributed by atoms with E-state index in [9.17, 15) is 18.4 Å². The number of esters is 1. The van der Waals surface area contributed by atoms with E-state index in [4.69, 9.17) is 9.47 Å². The first-order valence-electron chi connectivity index (χ1n) is 8.82. The van der Waals surface area contributed by atoms with Gasteiger partial charge < -0.3 is 14.8 Å². The van der Waals surface area contributed by atoms with Gasteiger partial charge in [0.1, 0.15) is 35.2 Å². The number of carbonyl (C=O) groups is 2. The van der Waals surface area contributed by atoms with E-state index in [-0.39, 0.29) is 17.9 Å². The molecule has 30 heavy (non-hydrogen) atoms. The molecule has 0 atom stereocenters. The summed E-state index contributed by atoms with van der Waals surface area (Å²) in [5.74, 6) is -3.26. The normalized spacial score (nSPS) is 10.4. The van der Waals surface area contributed by atoms with E-state index in [1.807, 2.05) is 24.3 Å². The zero-order valence-corrected chi connectivity index (χ0v) is 17.1. The molecular formula is C22H16BrF2NO4. The second-order valence-corrected chi connectivity index (χ2v) is 6.95. The van der Waals surface area contributed by atoms with Crippen molar-refractivity contribution in [3.05, 3.63) is 94.0 Å². The van der Waals surface area contributed by atoms with Gasteiger partial charge in [-0.15, -0.1) is 0 Å². The Morgan fingerprint density at radius 3 is 2.30 bits per heavy atom. The molecule has 3 rings (SSSR count). The molecule has 0 aliphatic carbocycles. The molecule has 0 spiro atoms. The fourth-order valence-corrected chi connectivity index (χ4v) is 2.93. The molecule has 0 aliphatic rings.